The Morgan fingerprint density at radius 3 is 2.53 bits per heavy atom. The molecule has 1 aromatic carbocycles. The Kier molecular flexibility index (Phi) is 2.27. The quantitative estimate of drug-likeness (QED) is 0.836. The van der Waals surface area contributed by atoms with Gasteiger partial charge < -0.3 is 5.11 Å². The van der Waals surface area contributed by atoms with Gasteiger partial charge in [-0.3, -0.25) is 9.59 Å². The van der Waals surface area contributed by atoms with Crippen LogP contribution in [0.3, 0.4) is 0 Å². The van der Waals surface area contributed by atoms with Crippen LogP contribution in [0.4, 0.5) is 0 Å². The molecule has 2 rings (SSSR count). The highest BCUT2D eigenvalue weighted by Gasteiger charge is 2.51. The van der Waals surface area contributed by atoms with Crippen LogP contribution in [-0.4, -0.2) is 16.9 Å². The first-order chi connectivity index (χ1) is 7.04. The molecule has 0 unspecified atom stereocenters. The van der Waals surface area contributed by atoms with Gasteiger partial charge in [0.2, 0.25) is 0 Å². The topological polar surface area (TPSA) is 54.4 Å². The summed E-state index contributed by atoms with van der Waals surface area (Å²) in [7, 11) is 0. The van der Waals surface area contributed by atoms with Crippen LogP contribution >= 0.6 is 11.6 Å². The summed E-state index contributed by atoms with van der Waals surface area (Å²) in [6.45, 7) is 0. The molecular weight excluding hydrogens is 216 g/mol. The summed E-state index contributed by atoms with van der Waals surface area (Å²) < 4.78 is 0. The van der Waals surface area contributed by atoms with Gasteiger partial charge >= 0.3 is 5.97 Å². The molecule has 1 N–H and O–H groups in total. The van der Waals surface area contributed by atoms with Crippen LogP contribution in [0.2, 0.25) is 5.02 Å². The molecule has 1 aliphatic carbocycles. The maximum Gasteiger partial charge on any atom is 0.315 e. The van der Waals surface area contributed by atoms with Crippen molar-refractivity contribution in [1.82, 2.24) is 0 Å². The molecule has 0 amide bonds. The van der Waals surface area contributed by atoms with Crippen LogP contribution in [0.15, 0.2) is 24.3 Å². The van der Waals surface area contributed by atoms with Crippen LogP contribution in [0, 0.1) is 0 Å². The van der Waals surface area contributed by atoms with Crippen molar-refractivity contribution >= 4 is 23.4 Å². The highest BCUT2D eigenvalue weighted by atomic mass is 35.5. The van der Waals surface area contributed by atoms with E-state index in [1.807, 2.05) is 0 Å². The Balaban J connectivity index is 2.43. The minimum Gasteiger partial charge on any atom is -0.481 e. The Labute approximate surface area is 91.7 Å². The second-order valence-corrected chi connectivity index (χ2v) is 4.23. The van der Waals surface area contributed by atoms with Crippen LogP contribution in [-0.2, 0) is 15.0 Å². The van der Waals surface area contributed by atoms with Crippen molar-refractivity contribution < 1.29 is 14.7 Å². The Morgan fingerprint density at radius 1 is 1.40 bits per heavy atom. The lowest BCUT2D eigenvalue weighted by molar-refractivity contribution is -0.153. The first-order valence-electron chi connectivity index (χ1n) is 4.56. The number of aliphatic carboxylic acids is 1. The molecular formula is C11H9ClO3. The fraction of sp³-hybridized carbons (Fsp3) is 0.273. The lowest BCUT2D eigenvalue weighted by atomic mass is 9.64. The van der Waals surface area contributed by atoms with Gasteiger partial charge in [0.1, 0.15) is 11.2 Å². The lowest BCUT2D eigenvalue weighted by Crippen LogP contribution is -2.48. The van der Waals surface area contributed by atoms with E-state index in [0.717, 1.165) is 0 Å². The number of hydrogen-bond donors (Lipinski definition) is 1. The molecule has 0 aliphatic heterocycles. The molecule has 0 saturated heterocycles. The molecule has 1 aliphatic rings. The van der Waals surface area contributed by atoms with E-state index in [0.29, 0.717) is 10.6 Å². The number of ketones is 1. The van der Waals surface area contributed by atoms with Gasteiger partial charge in [-0.15, -0.1) is 0 Å². The number of Topliss-reactive ketones (excluding diaryl/α,β-unsaturated/α-hetero) is 1. The van der Waals surface area contributed by atoms with Gasteiger partial charge in [-0.2, -0.15) is 0 Å². The van der Waals surface area contributed by atoms with Crippen LogP contribution in [0.25, 0.3) is 0 Å². The largest absolute Gasteiger partial charge is 0.481 e. The summed E-state index contributed by atoms with van der Waals surface area (Å²) in [5.74, 6) is -0.971. The summed E-state index contributed by atoms with van der Waals surface area (Å²) in [5.41, 5.74) is -0.427. The van der Waals surface area contributed by atoms with Crippen LogP contribution in [0.5, 0.6) is 0 Å². The van der Waals surface area contributed by atoms with Crippen LogP contribution in [0.1, 0.15) is 18.4 Å². The van der Waals surface area contributed by atoms with E-state index >= 15 is 0 Å². The maximum absolute atomic E-state index is 11.2. The number of carboxylic acid groups (broad SMARTS) is 1. The third-order valence-electron chi connectivity index (χ3n) is 2.78. The zero-order chi connectivity index (χ0) is 11.1. The predicted octanol–water partition coefficient (Wildman–Crippen LogP) is 2.03. The fourth-order valence-corrected chi connectivity index (χ4v) is 2.08. The number of benzene rings is 1. The molecule has 78 valence electrons. The second kappa shape index (κ2) is 3.35. The number of carboxylic acids is 1. The Bertz CT molecular complexity index is 431. The Hall–Kier alpha value is -1.35. The van der Waals surface area contributed by atoms with Crippen molar-refractivity contribution in [3.8, 4) is 0 Å². The van der Waals surface area contributed by atoms with Gasteiger partial charge in [0.25, 0.3) is 0 Å². The summed E-state index contributed by atoms with van der Waals surface area (Å²) in [6, 6.07) is 6.70. The smallest absolute Gasteiger partial charge is 0.315 e. The molecule has 4 heteroatoms. The SMILES string of the molecule is O=C1CC(C(=O)O)(c2cccc(Cl)c2)C1. The second-order valence-electron chi connectivity index (χ2n) is 3.79. The molecule has 3 nitrogen and oxygen atoms in total. The molecule has 0 heterocycles. The van der Waals surface area contributed by atoms with E-state index in [1.165, 1.54) is 0 Å². The number of halogens is 1. The average Bonchev–Trinajstić information content (AvgIpc) is 2.12. The molecule has 0 atom stereocenters. The van der Waals surface area contributed by atoms with E-state index in [2.05, 4.69) is 0 Å². The number of carbonyl (C=O) groups is 2. The zero-order valence-corrected chi connectivity index (χ0v) is 8.62. The van der Waals surface area contributed by atoms with Crippen LogP contribution < -0.4 is 0 Å². The molecule has 1 fully saturated rings. The van der Waals surface area contributed by atoms with Gasteiger partial charge in [0.05, 0.1) is 0 Å². The number of carbonyl (C=O) groups excluding carboxylic acids is 1. The third kappa shape index (κ3) is 1.53. The third-order valence-corrected chi connectivity index (χ3v) is 3.02. The molecule has 0 bridgehead atoms. The standard InChI is InChI=1S/C11H9ClO3/c12-8-3-1-2-7(4-8)11(10(14)15)5-9(13)6-11/h1-4H,5-6H2,(H,14,15). The van der Waals surface area contributed by atoms with E-state index in [1.54, 1.807) is 24.3 Å². The minimum absolute atomic E-state index is 0.0163. The average molecular weight is 225 g/mol. The van der Waals surface area contributed by atoms with Gasteiger partial charge in [-0.25, -0.2) is 0 Å². The van der Waals surface area contributed by atoms with Crippen molar-refractivity contribution in [3.05, 3.63) is 34.9 Å². The van der Waals surface area contributed by atoms with Crippen molar-refractivity contribution in [2.45, 2.75) is 18.3 Å². The van der Waals surface area contributed by atoms with Crippen molar-refractivity contribution in [3.63, 3.8) is 0 Å². The number of rotatable bonds is 2. The summed E-state index contributed by atoms with van der Waals surface area (Å²) >= 11 is 5.80. The van der Waals surface area contributed by atoms with Gasteiger partial charge in [-0.05, 0) is 17.7 Å². The highest BCUT2D eigenvalue weighted by molar-refractivity contribution is 6.30. The molecule has 0 aromatic heterocycles. The van der Waals surface area contributed by atoms with E-state index in [9.17, 15) is 9.59 Å². The first-order valence-corrected chi connectivity index (χ1v) is 4.93. The Morgan fingerprint density at radius 2 is 2.07 bits per heavy atom. The molecule has 1 aromatic rings. The summed E-state index contributed by atoms with van der Waals surface area (Å²) in [4.78, 5) is 22.1. The first kappa shape index (κ1) is 10.2. The highest BCUT2D eigenvalue weighted by Crippen LogP contribution is 2.42. The van der Waals surface area contributed by atoms with Gasteiger partial charge in [0, 0.05) is 17.9 Å². The lowest BCUT2D eigenvalue weighted by Gasteiger charge is -2.36. The van der Waals surface area contributed by atoms with Crippen molar-refractivity contribution in [1.29, 1.82) is 0 Å². The van der Waals surface area contributed by atoms with Gasteiger partial charge in [0.15, 0.2) is 0 Å². The molecule has 0 spiro atoms. The van der Waals surface area contributed by atoms with Crippen molar-refractivity contribution in [2.24, 2.45) is 0 Å². The van der Waals surface area contributed by atoms with E-state index < -0.39 is 11.4 Å². The fourth-order valence-electron chi connectivity index (χ4n) is 1.89. The van der Waals surface area contributed by atoms with E-state index in [-0.39, 0.29) is 18.6 Å². The molecule has 15 heavy (non-hydrogen) atoms. The predicted molar refractivity (Wildman–Crippen MR) is 55.0 cm³/mol. The summed E-state index contributed by atoms with van der Waals surface area (Å²) in [5, 5.41) is 9.64. The zero-order valence-electron chi connectivity index (χ0n) is 7.87. The van der Waals surface area contributed by atoms with E-state index in [4.69, 9.17) is 16.7 Å². The monoisotopic (exact) mass is 224 g/mol. The van der Waals surface area contributed by atoms with Crippen molar-refractivity contribution in [2.75, 3.05) is 0 Å². The normalized spacial score (nSPS) is 18.3. The number of hydrogen-bond acceptors (Lipinski definition) is 2. The summed E-state index contributed by atoms with van der Waals surface area (Å²) in [6.07, 6.45) is 0.144. The van der Waals surface area contributed by atoms with Gasteiger partial charge in [-0.1, -0.05) is 23.7 Å². The maximum atomic E-state index is 11.2. The molecule has 1 saturated carbocycles. The molecule has 0 radical (unpaired) electrons. The minimum atomic E-state index is -1.04.